The van der Waals surface area contributed by atoms with Gasteiger partial charge in [-0.15, -0.1) is 0 Å². The molecule has 2 heterocycles. The summed E-state index contributed by atoms with van der Waals surface area (Å²) in [6.07, 6.45) is 3.64. The minimum absolute atomic E-state index is 0.00403. The van der Waals surface area contributed by atoms with E-state index in [0.717, 1.165) is 25.6 Å². The van der Waals surface area contributed by atoms with Crippen molar-refractivity contribution in [2.45, 2.75) is 18.9 Å². The van der Waals surface area contributed by atoms with Gasteiger partial charge in [-0.25, -0.2) is 4.39 Å². The Hall–Kier alpha value is -1.00. The van der Waals surface area contributed by atoms with Crippen LogP contribution in [0.25, 0.3) is 0 Å². The van der Waals surface area contributed by atoms with Crippen LogP contribution in [-0.2, 0) is 4.74 Å². The van der Waals surface area contributed by atoms with Crippen LogP contribution >= 0.6 is 0 Å². The number of nitrogens with zero attached hydrogens (tertiary/aromatic N) is 1. The van der Waals surface area contributed by atoms with Crippen LogP contribution in [0.3, 0.4) is 0 Å². The fourth-order valence-electron chi connectivity index (χ4n) is 1.89. The fraction of sp³-hybridized carbons (Fsp3) is 0.545. The van der Waals surface area contributed by atoms with Gasteiger partial charge in [-0.05, 0) is 18.9 Å². The summed E-state index contributed by atoms with van der Waals surface area (Å²) in [7, 11) is 0. The Morgan fingerprint density at radius 1 is 1.60 bits per heavy atom. The van der Waals surface area contributed by atoms with Gasteiger partial charge in [0.1, 0.15) is 5.82 Å². The van der Waals surface area contributed by atoms with Gasteiger partial charge in [-0.3, -0.25) is 4.98 Å². The molecular formula is C11H14FNO2. The van der Waals surface area contributed by atoms with Crippen molar-refractivity contribution < 1.29 is 14.2 Å². The number of aromatic nitrogens is 1. The van der Waals surface area contributed by atoms with E-state index in [0.29, 0.717) is 12.2 Å². The lowest BCUT2D eigenvalue weighted by Crippen LogP contribution is -2.24. The Bertz CT molecular complexity index is 326. The van der Waals surface area contributed by atoms with Crippen LogP contribution in [0.4, 0.5) is 4.39 Å². The van der Waals surface area contributed by atoms with Gasteiger partial charge >= 0.3 is 0 Å². The number of pyridine rings is 1. The summed E-state index contributed by atoms with van der Waals surface area (Å²) in [4.78, 5) is 3.66. The van der Waals surface area contributed by atoms with E-state index in [4.69, 9.17) is 4.74 Å². The maximum Gasteiger partial charge on any atom is 0.147 e. The van der Waals surface area contributed by atoms with Crippen molar-refractivity contribution in [1.29, 1.82) is 0 Å². The number of rotatable bonds is 2. The molecule has 2 rings (SSSR count). The van der Waals surface area contributed by atoms with E-state index in [1.54, 1.807) is 0 Å². The van der Waals surface area contributed by atoms with Gasteiger partial charge in [0.15, 0.2) is 0 Å². The monoisotopic (exact) mass is 211 g/mol. The Balaban J connectivity index is 2.12. The molecule has 1 aromatic rings. The van der Waals surface area contributed by atoms with Crippen LogP contribution in [0.1, 0.15) is 24.5 Å². The van der Waals surface area contributed by atoms with Gasteiger partial charge in [0, 0.05) is 24.3 Å². The minimum Gasteiger partial charge on any atom is -0.388 e. The highest BCUT2D eigenvalue weighted by Gasteiger charge is 2.25. The first-order valence-corrected chi connectivity index (χ1v) is 5.14. The summed E-state index contributed by atoms with van der Waals surface area (Å²) in [6.45, 7) is 1.24. The van der Waals surface area contributed by atoms with Crippen LogP contribution in [0.15, 0.2) is 18.5 Å². The van der Waals surface area contributed by atoms with Gasteiger partial charge in [-0.1, -0.05) is 0 Å². The first-order chi connectivity index (χ1) is 7.29. The Morgan fingerprint density at radius 2 is 2.47 bits per heavy atom. The lowest BCUT2D eigenvalue weighted by atomic mass is 9.91. The van der Waals surface area contributed by atoms with Crippen LogP contribution < -0.4 is 0 Å². The SMILES string of the molecule is OC(c1ccncc1F)C1CCCOC1. The normalized spacial score (nSPS) is 23.7. The molecule has 1 aliphatic heterocycles. The second kappa shape index (κ2) is 4.68. The van der Waals surface area contributed by atoms with Crippen LogP contribution in [-0.4, -0.2) is 23.3 Å². The van der Waals surface area contributed by atoms with E-state index >= 15 is 0 Å². The fourth-order valence-corrected chi connectivity index (χ4v) is 1.89. The lowest BCUT2D eigenvalue weighted by Gasteiger charge is -2.26. The molecule has 0 spiro atoms. The first kappa shape index (κ1) is 10.5. The maximum atomic E-state index is 13.3. The molecule has 3 nitrogen and oxygen atoms in total. The van der Waals surface area contributed by atoms with Gasteiger partial charge in [0.25, 0.3) is 0 Å². The average Bonchev–Trinajstić information content (AvgIpc) is 2.30. The van der Waals surface area contributed by atoms with E-state index in [1.807, 2.05) is 0 Å². The summed E-state index contributed by atoms with van der Waals surface area (Å²) < 4.78 is 18.6. The molecule has 2 unspecified atom stereocenters. The summed E-state index contributed by atoms with van der Waals surface area (Å²) in [5.41, 5.74) is 0.320. The zero-order chi connectivity index (χ0) is 10.7. The Morgan fingerprint density at radius 3 is 3.13 bits per heavy atom. The molecule has 82 valence electrons. The number of halogens is 1. The summed E-state index contributed by atoms with van der Waals surface area (Å²) in [6, 6.07) is 1.52. The van der Waals surface area contributed by atoms with Crippen LogP contribution in [0, 0.1) is 11.7 Å². The number of aliphatic hydroxyl groups is 1. The lowest BCUT2D eigenvalue weighted by molar-refractivity contribution is -0.0112. The molecule has 1 N–H and O–H groups in total. The van der Waals surface area contributed by atoms with Gasteiger partial charge in [0.05, 0.1) is 18.9 Å². The molecule has 1 fully saturated rings. The van der Waals surface area contributed by atoms with Crippen molar-refractivity contribution in [3.05, 3.63) is 29.8 Å². The Kier molecular flexibility index (Phi) is 3.28. The number of hydrogen-bond acceptors (Lipinski definition) is 3. The second-order valence-corrected chi connectivity index (χ2v) is 3.82. The molecule has 4 heteroatoms. The van der Waals surface area contributed by atoms with Crippen molar-refractivity contribution in [2.24, 2.45) is 5.92 Å². The number of hydrogen-bond donors (Lipinski definition) is 1. The smallest absolute Gasteiger partial charge is 0.147 e. The third kappa shape index (κ3) is 2.33. The van der Waals surface area contributed by atoms with Crippen molar-refractivity contribution in [3.63, 3.8) is 0 Å². The summed E-state index contributed by atoms with van der Waals surface area (Å²) in [5, 5.41) is 9.98. The molecule has 0 aliphatic carbocycles. The van der Waals surface area contributed by atoms with Crippen molar-refractivity contribution in [2.75, 3.05) is 13.2 Å². The highest BCUT2D eigenvalue weighted by molar-refractivity contribution is 5.16. The molecule has 1 saturated heterocycles. The number of ether oxygens (including phenoxy) is 1. The van der Waals surface area contributed by atoms with Crippen molar-refractivity contribution in [3.8, 4) is 0 Å². The van der Waals surface area contributed by atoms with E-state index in [-0.39, 0.29) is 5.92 Å². The van der Waals surface area contributed by atoms with E-state index in [1.165, 1.54) is 12.3 Å². The summed E-state index contributed by atoms with van der Waals surface area (Å²) in [5.74, 6) is -0.453. The molecule has 1 aliphatic rings. The molecule has 0 saturated carbocycles. The topological polar surface area (TPSA) is 42.4 Å². The van der Waals surface area contributed by atoms with Gasteiger partial charge in [0.2, 0.25) is 0 Å². The van der Waals surface area contributed by atoms with Gasteiger partial charge < -0.3 is 9.84 Å². The van der Waals surface area contributed by atoms with E-state index in [9.17, 15) is 9.50 Å². The highest BCUT2D eigenvalue weighted by atomic mass is 19.1. The molecule has 2 atom stereocenters. The van der Waals surface area contributed by atoms with Crippen LogP contribution in [0.2, 0.25) is 0 Å². The molecule has 0 bridgehead atoms. The molecule has 0 radical (unpaired) electrons. The highest BCUT2D eigenvalue weighted by Crippen LogP contribution is 2.29. The van der Waals surface area contributed by atoms with Crippen LogP contribution in [0.5, 0.6) is 0 Å². The second-order valence-electron chi connectivity index (χ2n) is 3.82. The van der Waals surface area contributed by atoms with E-state index in [2.05, 4.69) is 4.98 Å². The first-order valence-electron chi connectivity index (χ1n) is 5.14. The van der Waals surface area contributed by atoms with Crippen molar-refractivity contribution in [1.82, 2.24) is 4.98 Å². The third-order valence-corrected chi connectivity index (χ3v) is 2.76. The third-order valence-electron chi connectivity index (χ3n) is 2.76. The number of aliphatic hydroxyl groups excluding tert-OH is 1. The predicted octanol–water partition coefficient (Wildman–Crippen LogP) is 1.68. The largest absolute Gasteiger partial charge is 0.388 e. The summed E-state index contributed by atoms with van der Waals surface area (Å²) >= 11 is 0. The molecule has 0 amide bonds. The quantitative estimate of drug-likeness (QED) is 0.809. The zero-order valence-corrected chi connectivity index (χ0v) is 8.40. The zero-order valence-electron chi connectivity index (χ0n) is 8.40. The van der Waals surface area contributed by atoms with Crippen molar-refractivity contribution >= 4 is 0 Å². The average molecular weight is 211 g/mol. The van der Waals surface area contributed by atoms with Gasteiger partial charge in [-0.2, -0.15) is 0 Å². The molecule has 0 aromatic carbocycles. The molecule has 1 aromatic heterocycles. The van der Waals surface area contributed by atoms with E-state index < -0.39 is 11.9 Å². The predicted molar refractivity (Wildman–Crippen MR) is 52.7 cm³/mol. The maximum absolute atomic E-state index is 13.3. The molecular weight excluding hydrogens is 197 g/mol. The standard InChI is InChI=1S/C11H14FNO2/c12-10-6-13-4-3-9(10)11(14)8-2-1-5-15-7-8/h3-4,6,8,11,14H,1-2,5,7H2. The minimum atomic E-state index is -0.784. The Labute approximate surface area is 87.9 Å². The molecule has 15 heavy (non-hydrogen) atoms.